The quantitative estimate of drug-likeness (QED) is 0.170. The van der Waals surface area contributed by atoms with E-state index in [9.17, 15) is 32.8 Å². The van der Waals surface area contributed by atoms with E-state index < -0.39 is 53.5 Å². The minimum atomic E-state index is -2.89. The van der Waals surface area contributed by atoms with Crippen LogP contribution < -0.4 is 16.0 Å². The first-order valence-electron chi connectivity index (χ1n) is 17.7. The van der Waals surface area contributed by atoms with E-state index in [1.54, 1.807) is 51.1 Å². The molecule has 0 bridgehead atoms. The lowest BCUT2D eigenvalue weighted by Crippen LogP contribution is -2.54. The molecule has 2 aromatic carbocycles. The van der Waals surface area contributed by atoms with Crippen LogP contribution in [0.4, 0.5) is 25.0 Å². The maximum atomic E-state index is 13.7. The van der Waals surface area contributed by atoms with E-state index in [1.807, 2.05) is 12.1 Å². The smallest absolute Gasteiger partial charge is 0.412 e. The lowest BCUT2D eigenvalue weighted by atomic mass is 10.0. The normalized spacial score (nSPS) is 18.4. The van der Waals surface area contributed by atoms with E-state index in [-0.39, 0.29) is 35.8 Å². The number of halogens is 2. The SMILES string of the molecule is CC(C)(C)OC(=O)Nc1cn(-c2ccc(CN3CCC(OCCCNc4cccc5c4C(=O)N(C4CCC(=O)NC4=O)C5=O)CC3)cc2)nc1C(F)F. The first-order chi connectivity index (χ1) is 25.3. The van der Waals surface area contributed by atoms with Gasteiger partial charge in [0.1, 0.15) is 11.6 Å². The van der Waals surface area contributed by atoms with Crippen LogP contribution in [0.1, 0.15) is 91.3 Å². The zero-order valence-corrected chi connectivity index (χ0v) is 29.8. The monoisotopic (exact) mass is 735 g/mol. The van der Waals surface area contributed by atoms with Crippen molar-refractivity contribution < 1.29 is 42.2 Å². The van der Waals surface area contributed by atoms with Crippen molar-refractivity contribution in [3.63, 3.8) is 0 Å². The Morgan fingerprint density at radius 1 is 1.00 bits per heavy atom. The fourth-order valence-electron chi connectivity index (χ4n) is 6.64. The van der Waals surface area contributed by atoms with Crippen LogP contribution in [0.15, 0.2) is 48.7 Å². The summed E-state index contributed by atoms with van der Waals surface area (Å²) < 4.78 is 40.0. The van der Waals surface area contributed by atoms with E-state index >= 15 is 0 Å². The second-order valence-electron chi connectivity index (χ2n) is 14.3. The van der Waals surface area contributed by atoms with Crippen molar-refractivity contribution in [2.45, 2.75) is 83.6 Å². The van der Waals surface area contributed by atoms with Crippen molar-refractivity contribution in [3.05, 3.63) is 71.0 Å². The van der Waals surface area contributed by atoms with Gasteiger partial charge in [0, 0.05) is 44.9 Å². The second-order valence-corrected chi connectivity index (χ2v) is 14.3. The first-order valence-corrected chi connectivity index (χ1v) is 17.7. The Bertz CT molecular complexity index is 1870. The van der Waals surface area contributed by atoms with Gasteiger partial charge >= 0.3 is 6.09 Å². The summed E-state index contributed by atoms with van der Waals surface area (Å²) in [5, 5.41) is 11.8. The molecule has 6 rings (SSSR count). The number of amides is 5. The molecule has 2 saturated heterocycles. The molecule has 3 aliphatic heterocycles. The number of hydrogen-bond acceptors (Lipinski definition) is 10. The molecule has 14 nitrogen and oxygen atoms in total. The number of anilines is 2. The number of carbonyl (C=O) groups is 5. The number of aromatic nitrogens is 2. The average molecular weight is 736 g/mol. The van der Waals surface area contributed by atoms with Crippen molar-refractivity contribution in [2.75, 3.05) is 36.9 Å². The highest BCUT2D eigenvalue weighted by atomic mass is 19.3. The van der Waals surface area contributed by atoms with Gasteiger partial charge in [-0.2, -0.15) is 5.10 Å². The highest BCUT2D eigenvalue weighted by molar-refractivity contribution is 6.25. The van der Waals surface area contributed by atoms with Gasteiger partial charge in [-0.15, -0.1) is 0 Å². The van der Waals surface area contributed by atoms with Crippen LogP contribution in [0.3, 0.4) is 0 Å². The Balaban J connectivity index is 0.929. The summed E-state index contributed by atoms with van der Waals surface area (Å²) >= 11 is 0. The molecule has 5 amide bonds. The molecule has 16 heteroatoms. The van der Waals surface area contributed by atoms with E-state index in [0.29, 0.717) is 37.5 Å². The van der Waals surface area contributed by atoms with Gasteiger partial charge in [-0.3, -0.25) is 39.6 Å². The van der Waals surface area contributed by atoms with Crippen LogP contribution >= 0.6 is 0 Å². The van der Waals surface area contributed by atoms with Crippen molar-refractivity contribution in [1.29, 1.82) is 0 Å². The minimum Gasteiger partial charge on any atom is -0.444 e. The molecule has 3 N–H and O–H groups in total. The van der Waals surface area contributed by atoms with E-state index in [0.717, 1.165) is 36.4 Å². The Hall–Kier alpha value is -5.22. The maximum Gasteiger partial charge on any atom is 0.412 e. The number of nitrogens with zero attached hydrogens (tertiary/aromatic N) is 4. The van der Waals surface area contributed by atoms with Gasteiger partial charge < -0.3 is 14.8 Å². The molecule has 0 radical (unpaired) electrons. The number of likely N-dealkylation sites (tertiary alicyclic amines) is 1. The molecule has 1 atom stereocenters. The van der Waals surface area contributed by atoms with Crippen LogP contribution in [-0.2, 0) is 25.6 Å². The van der Waals surface area contributed by atoms with Gasteiger partial charge in [0.15, 0.2) is 5.69 Å². The first kappa shape index (κ1) is 37.5. The number of hydrogen-bond donors (Lipinski definition) is 3. The summed E-state index contributed by atoms with van der Waals surface area (Å²) in [5.41, 5.74) is 1.15. The van der Waals surface area contributed by atoms with Crippen LogP contribution in [0.5, 0.6) is 0 Å². The number of piperidine rings is 2. The Morgan fingerprint density at radius 3 is 2.42 bits per heavy atom. The molecule has 3 aliphatic rings. The molecule has 0 spiro atoms. The van der Waals surface area contributed by atoms with Crippen LogP contribution in [-0.4, -0.2) is 93.3 Å². The molecule has 282 valence electrons. The predicted octanol–water partition coefficient (Wildman–Crippen LogP) is 5.04. The average Bonchev–Trinajstić information content (AvgIpc) is 3.63. The fourth-order valence-corrected chi connectivity index (χ4v) is 6.64. The molecule has 1 unspecified atom stereocenters. The minimum absolute atomic E-state index is 0.0610. The number of imide groups is 2. The van der Waals surface area contributed by atoms with Gasteiger partial charge in [-0.25, -0.2) is 18.3 Å². The highest BCUT2D eigenvalue weighted by Gasteiger charge is 2.45. The molecule has 1 aromatic heterocycles. The summed E-state index contributed by atoms with van der Waals surface area (Å²) in [6.07, 6.45) is 0.286. The van der Waals surface area contributed by atoms with Crippen molar-refractivity contribution in [1.82, 2.24) is 24.9 Å². The van der Waals surface area contributed by atoms with E-state index in [1.165, 1.54) is 10.9 Å². The van der Waals surface area contributed by atoms with Gasteiger partial charge in [0.25, 0.3) is 18.2 Å². The van der Waals surface area contributed by atoms with Crippen LogP contribution in [0.25, 0.3) is 5.69 Å². The molecule has 4 heterocycles. The molecular weight excluding hydrogens is 692 g/mol. The molecule has 2 fully saturated rings. The topological polar surface area (TPSA) is 164 Å². The standard InChI is InChI=1S/C37H43F2N7O7/c1-37(2,3)53-36(51)41-27-21-45(43-31(27)32(38)39)23-10-8-22(9-11-23)20-44-17-14-24(15-18-44)52-19-5-16-40-26-7-4-6-25-30(26)35(50)46(34(25)49)28-12-13-29(47)42-33(28)48/h4,6-11,21,24,28,32,40H,5,12-20H2,1-3H3,(H,41,51)(H,42,47,48). The lowest BCUT2D eigenvalue weighted by molar-refractivity contribution is -0.136. The largest absolute Gasteiger partial charge is 0.444 e. The summed E-state index contributed by atoms with van der Waals surface area (Å²) in [7, 11) is 0. The Morgan fingerprint density at radius 2 is 1.74 bits per heavy atom. The third-order valence-electron chi connectivity index (χ3n) is 9.19. The summed E-state index contributed by atoms with van der Waals surface area (Å²) in [6, 6.07) is 11.4. The number of rotatable bonds is 12. The highest BCUT2D eigenvalue weighted by Crippen LogP contribution is 2.33. The van der Waals surface area contributed by atoms with Crippen molar-refractivity contribution in [2.24, 2.45) is 0 Å². The van der Waals surface area contributed by atoms with E-state index in [2.05, 4.69) is 25.9 Å². The van der Waals surface area contributed by atoms with Gasteiger partial charge in [-0.05, 0) is 76.3 Å². The van der Waals surface area contributed by atoms with Gasteiger partial charge in [0.05, 0.1) is 34.8 Å². The summed E-state index contributed by atoms with van der Waals surface area (Å²) in [6.45, 7) is 8.47. The third-order valence-corrected chi connectivity index (χ3v) is 9.19. The molecule has 0 saturated carbocycles. The lowest BCUT2D eigenvalue weighted by Gasteiger charge is -2.32. The van der Waals surface area contributed by atoms with Crippen molar-refractivity contribution in [3.8, 4) is 5.69 Å². The number of alkyl halides is 2. The van der Waals surface area contributed by atoms with Gasteiger partial charge in [0.2, 0.25) is 11.8 Å². The van der Waals surface area contributed by atoms with Crippen LogP contribution in [0, 0.1) is 0 Å². The zero-order chi connectivity index (χ0) is 37.9. The zero-order valence-electron chi connectivity index (χ0n) is 29.8. The maximum absolute atomic E-state index is 13.7. The predicted molar refractivity (Wildman–Crippen MR) is 189 cm³/mol. The van der Waals surface area contributed by atoms with E-state index in [4.69, 9.17) is 9.47 Å². The molecule has 53 heavy (non-hydrogen) atoms. The Labute approximate surface area is 305 Å². The summed E-state index contributed by atoms with van der Waals surface area (Å²) in [5.74, 6) is -2.16. The number of benzene rings is 2. The third kappa shape index (κ3) is 8.88. The molecule has 3 aromatic rings. The number of ether oxygens (including phenoxy) is 2. The number of nitrogens with one attached hydrogen (secondary N) is 3. The molecular formula is C37H43F2N7O7. The number of carbonyl (C=O) groups excluding carboxylic acids is 5. The summed E-state index contributed by atoms with van der Waals surface area (Å²) in [4.78, 5) is 65.8. The van der Waals surface area contributed by atoms with Gasteiger partial charge in [-0.1, -0.05) is 18.2 Å². The molecule has 0 aliphatic carbocycles. The van der Waals surface area contributed by atoms with Crippen LogP contribution in [0.2, 0.25) is 0 Å². The Kier molecular flexibility index (Phi) is 11.2. The fraction of sp³-hybridized carbons (Fsp3) is 0.459. The van der Waals surface area contributed by atoms with Crippen molar-refractivity contribution >= 4 is 41.1 Å². The number of fused-ring (bicyclic) bond motifs is 1. The second kappa shape index (κ2) is 15.8.